The molecule has 5 heterocycles. The fourth-order valence-electron chi connectivity index (χ4n) is 9.17. The first-order valence-electron chi connectivity index (χ1n) is 19.3. The number of hydrogen-bond acceptors (Lipinski definition) is 2. The molecule has 0 unspecified atom stereocenters. The summed E-state index contributed by atoms with van der Waals surface area (Å²) in [6.07, 6.45) is 3.64. The van der Waals surface area contributed by atoms with Crippen LogP contribution in [-0.4, -0.2) is 23.7 Å². The van der Waals surface area contributed by atoms with Crippen LogP contribution >= 0.6 is 0 Å². The van der Waals surface area contributed by atoms with Gasteiger partial charge in [0.1, 0.15) is 0 Å². The molecule has 0 aliphatic rings. The summed E-state index contributed by atoms with van der Waals surface area (Å²) >= 11 is 0. The molecular weight excluding hydrogens is 695 g/mol. The lowest BCUT2D eigenvalue weighted by Crippen LogP contribution is -1.97. The van der Waals surface area contributed by atoms with Crippen LogP contribution in [0.2, 0.25) is 0 Å². The van der Waals surface area contributed by atoms with Crippen LogP contribution in [0.5, 0.6) is 0 Å². The van der Waals surface area contributed by atoms with Gasteiger partial charge in [-0.1, -0.05) is 103 Å². The van der Waals surface area contributed by atoms with Crippen molar-refractivity contribution in [3.05, 3.63) is 200 Å². The molecule has 57 heavy (non-hydrogen) atoms. The second-order valence-corrected chi connectivity index (χ2v) is 14.6. The van der Waals surface area contributed by atoms with Crippen molar-refractivity contribution in [1.29, 1.82) is 0 Å². The number of rotatable bonds is 5. The maximum Gasteiger partial charge on any atom is 0.0710 e. The van der Waals surface area contributed by atoms with Gasteiger partial charge in [-0.05, 0) is 84.9 Å². The summed E-state index contributed by atoms with van der Waals surface area (Å²) in [4.78, 5) is 9.45. The van der Waals surface area contributed by atoms with Gasteiger partial charge in [0.15, 0.2) is 0 Å². The number of pyridine rings is 2. The van der Waals surface area contributed by atoms with Crippen molar-refractivity contribution in [2.24, 2.45) is 0 Å². The summed E-state index contributed by atoms with van der Waals surface area (Å²) in [5.74, 6) is 0. The fraction of sp³-hybridized carbons (Fsp3) is 0. The van der Waals surface area contributed by atoms with Gasteiger partial charge in [0.05, 0.1) is 44.5 Å². The number of nitrogens with zero attached hydrogens (tertiary/aromatic N) is 5. The van der Waals surface area contributed by atoms with E-state index in [-0.39, 0.29) is 0 Å². The highest BCUT2D eigenvalue weighted by Gasteiger charge is 2.29. The molecule has 0 radical (unpaired) electrons. The highest BCUT2D eigenvalue weighted by molar-refractivity contribution is 6.40. The van der Waals surface area contributed by atoms with Crippen molar-refractivity contribution in [3.8, 4) is 39.6 Å². The average molecular weight is 728 g/mol. The van der Waals surface area contributed by atoms with Crippen molar-refractivity contribution in [3.63, 3.8) is 0 Å². The largest absolute Gasteiger partial charge is 0.308 e. The minimum Gasteiger partial charge on any atom is -0.308 e. The summed E-state index contributed by atoms with van der Waals surface area (Å²) in [5, 5.41) is 7.27. The van der Waals surface area contributed by atoms with Crippen molar-refractivity contribution in [2.45, 2.75) is 0 Å². The molecule has 0 spiro atoms. The lowest BCUT2D eigenvalue weighted by molar-refractivity contribution is 1.17. The first-order chi connectivity index (χ1) is 28.3. The number of hydrogen-bond donors (Lipinski definition) is 0. The molecule has 12 aromatic rings. The van der Waals surface area contributed by atoms with E-state index in [1.807, 2.05) is 24.5 Å². The Morgan fingerprint density at radius 1 is 0.316 bits per heavy atom. The Hall–Kier alpha value is -7.76. The van der Waals surface area contributed by atoms with Gasteiger partial charge in [0.2, 0.25) is 0 Å². The van der Waals surface area contributed by atoms with Crippen LogP contribution in [0.25, 0.3) is 105 Å². The number of aromatic nitrogens is 5. The van der Waals surface area contributed by atoms with Gasteiger partial charge in [0.25, 0.3) is 0 Å². The minimum absolute atomic E-state index is 0.920. The lowest BCUT2D eigenvalue weighted by Gasteiger charge is -2.13. The molecule has 0 aliphatic carbocycles. The van der Waals surface area contributed by atoms with Crippen LogP contribution in [0.15, 0.2) is 200 Å². The van der Waals surface area contributed by atoms with Crippen molar-refractivity contribution in [1.82, 2.24) is 23.7 Å². The zero-order valence-electron chi connectivity index (χ0n) is 30.8. The first-order valence-corrected chi connectivity index (χ1v) is 19.3. The SMILES string of the molecule is c1ccc(-n2c3ccccc3c3c2c2c4ccccc4n(-c4ccccc4)c2c2c4cc(-c5cccc(-c6ccncc6)n5)ccc4n(-c4ccccc4)c32)cc1. The minimum atomic E-state index is 0.920. The highest BCUT2D eigenvalue weighted by atomic mass is 15.0. The third-order valence-electron chi connectivity index (χ3n) is 11.5. The molecule has 0 amide bonds. The molecule has 5 nitrogen and oxygen atoms in total. The van der Waals surface area contributed by atoms with E-state index in [1.54, 1.807) is 0 Å². The molecule has 5 aromatic heterocycles. The van der Waals surface area contributed by atoms with E-state index in [1.165, 1.54) is 59.9 Å². The van der Waals surface area contributed by atoms with Gasteiger partial charge in [-0.15, -0.1) is 0 Å². The summed E-state index contributed by atoms with van der Waals surface area (Å²) < 4.78 is 7.47. The van der Waals surface area contributed by atoms with Crippen LogP contribution in [0.1, 0.15) is 0 Å². The maximum atomic E-state index is 5.21. The Morgan fingerprint density at radius 2 is 0.737 bits per heavy atom. The zero-order valence-corrected chi connectivity index (χ0v) is 30.8. The summed E-state index contributed by atoms with van der Waals surface area (Å²) in [5.41, 5.74) is 14.4. The molecule has 0 N–H and O–H groups in total. The second kappa shape index (κ2) is 12.4. The maximum absolute atomic E-state index is 5.21. The molecular formula is C52H33N5. The zero-order chi connectivity index (χ0) is 37.5. The molecule has 0 atom stereocenters. The third-order valence-corrected chi connectivity index (χ3v) is 11.5. The standard InChI is InChI=1S/C52H33N5/c1-4-15-36(16-5-1)55-44-25-12-10-21-39(44)48-50(55)47-40-22-11-13-26-45(40)56(37-17-6-2-7-18-37)51(47)49-41-33-35(43-24-14-23-42(54-43)34-29-31-53-32-30-34)27-28-46(41)57(52(48)49)38-19-8-3-9-20-38/h1-33H. The highest BCUT2D eigenvalue weighted by Crippen LogP contribution is 2.50. The predicted molar refractivity (Wildman–Crippen MR) is 236 cm³/mol. The van der Waals surface area contributed by atoms with Gasteiger partial charge >= 0.3 is 0 Å². The quantitative estimate of drug-likeness (QED) is 0.177. The Kier molecular flexibility index (Phi) is 6.86. The Balaban J connectivity index is 1.35. The van der Waals surface area contributed by atoms with Crippen molar-refractivity contribution < 1.29 is 0 Å². The Labute approximate surface area is 328 Å². The predicted octanol–water partition coefficient (Wildman–Crippen LogP) is 13.1. The van der Waals surface area contributed by atoms with Crippen LogP contribution < -0.4 is 0 Å². The van der Waals surface area contributed by atoms with Gasteiger partial charge in [-0.2, -0.15) is 0 Å². The van der Waals surface area contributed by atoms with E-state index in [0.29, 0.717) is 0 Å². The molecule has 0 bridgehead atoms. The van der Waals surface area contributed by atoms with Gasteiger partial charge < -0.3 is 13.7 Å². The molecule has 0 saturated carbocycles. The molecule has 266 valence electrons. The second-order valence-electron chi connectivity index (χ2n) is 14.6. The summed E-state index contributed by atoms with van der Waals surface area (Å²) in [6.45, 7) is 0. The Morgan fingerprint density at radius 3 is 1.25 bits per heavy atom. The molecule has 12 rings (SSSR count). The fourth-order valence-corrected chi connectivity index (χ4v) is 9.17. The van der Waals surface area contributed by atoms with Gasteiger partial charge in [0, 0.05) is 72.9 Å². The molecule has 7 aromatic carbocycles. The van der Waals surface area contributed by atoms with Crippen LogP contribution in [0.4, 0.5) is 0 Å². The van der Waals surface area contributed by atoms with Crippen molar-refractivity contribution in [2.75, 3.05) is 0 Å². The van der Waals surface area contributed by atoms with Crippen molar-refractivity contribution >= 4 is 65.4 Å². The molecule has 0 saturated heterocycles. The first kappa shape index (κ1) is 31.6. The van der Waals surface area contributed by atoms with Crippen LogP contribution in [-0.2, 0) is 0 Å². The molecule has 0 aliphatic heterocycles. The third kappa shape index (κ3) is 4.63. The normalized spacial score (nSPS) is 11.9. The van der Waals surface area contributed by atoms with E-state index in [2.05, 4.69) is 195 Å². The van der Waals surface area contributed by atoms with Crippen LogP contribution in [0.3, 0.4) is 0 Å². The monoisotopic (exact) mass is 727 g/mol. The number of fused-ring (bicyclic) bond motifs is 12. The van der Waals surface area contributed by atoms with E-state index >= 15 is 0 Å². The van der Waals surface area contributed by atoms with E-state index in [0.717, 1.165) is 45.1 Å². The summed E-state index contributed by atoms with van der Waals surface area (Å²) in [6, 6.07) is 67.5. The van der Waals surface area contributed by atoms with Gasteiger partial charge in [-0.3, -0.25) is 4.98 Å². The van der Waals surface area contributed by atoms with Crippen LogP contribution in [0, 0.1) is 0 Å². The molecule has 0 fully saturated rings. The van der Waals surface area contributed by atoms with Gasteiger partial charge in [-0.25, -0.2) is 4.98 Å². The van der Waals surface area contributed by atoms with E-state index < -0.39 is 0 Å². The smallest absolute Gasteiger partial charge is 0.0710 e. The number of para-hydroxylation sites is 5. The number of benzene rings is 7. The topological polar surface area (TPSA) is 40.6 Å². The molecule has 5 heteroatoms. The van der Waals surface area contributed by atoms with E-state index in [9.17, 15) is 0 Å². The summed E-state index contributed by atoms with van der Waals surface area (Å²) in [7, 11) is 0. The van der Waals surface area contributed by atoms with E-state index in [4.69, 9.17) is 4.98 Å². The average Bonchev–Trinajstić information content (AvgIpc) is 3.93. The lowest BCUT2D eigenvalue weighted by atomic mass is 10.0. The Bertz CT molecular complexity index is 3450.